The summed E-state index contributed by atoms with van der Waals surface area (Å²) in [6.07, 6.45) is -5.16. The molecule has 0 bridgehead atoms. The summed E-state index contributed by atoms with van der Waals surface area (Å²) in [7, 11) is 1.13. The maximum absolute atomic E-state index is 14.0. The molecule has 5 aromatic rings. The summed E-state index contributed by atoms with van der Waals surface area (Å²) in [4.78, 5) is 79.1. The van der Waals surface area contributed by atoms with Crippen LogP contribution in [0.3, 0.4) is 0 Å². The molecule has 0 spiro atoms. The summed E-state index contributed by atoms with van der Waals surface area (Å²) in [6, 6.07) is 27.7. The van der Waals surface area contributed by atoms with Crippen molar-refractivity contribution in [1.29, 1.82) is 0 Å². The van der Waals surface area contributed by atoms with Gasteiger partial charge in [-0.2, -0.15) is 9.78 Å². The van der Waals surface area contributed by atoms with E-state index in [0.29, 0.717) is 0 Å². The molecule has 53 heavy (non-hydrogen) atoms. The van der Waals surface area contributed by atoms with Crippen LogP contribution in [0.2, 0.25) is 0 Å². The summed E-state index contributed by atoms with van der Waals surface area (Å²) in [5.74, 6) is -3.65. The minimum atomic E-state index is -1.62. The van der Waals surface area contributed by atoms with Crippen molar-refractivity contribution in [3.63, 3.8) is 0 Å². The second-order valence-corrected chi connectivity index (χ2v) is 11.6. The number of esters is 4. The van der Waals surface area contributed by atoms with Crippen molar-refractivity contribution in [3.8, 4) is 5.75 Å². The van der Waals surface area contributed by atoms with Crippen molar-refractivity contribution in [2.24, 2.45) is 0 Å². The Labute approximate surface area is 300 Å². The summed E-state index contributed by atoms with van der Waals surface area (Å²) >= 11 is 0. The highest BCUT2D eigenvalue weighted by Crippen LogP contribution is 2.34. The zero-order valence-electron chi connectivity index (χ0n) is 28.0. The first-order valence-corrected chi connectivity index (χ1v) is 16.1. The molecule has 1 aliphatic rings. The number of carbonyl (C=O) groups is 4. The van der Waals surface area contributed by atoms with Gasteiger partial charge in [0.05, 0.1) is 30.3 Å². The van der Waals surface area contributed by atoms with Crippen LogP contribution in [-0.4, -0.2) is 75.4 Å². The molecule has 0 radical (unpaired) electrons. The van der Waals surface area contributed by atoms with Gasteiger partial charge in [-0.1, -0.05) is 60.7 Å². The van der Waals surface area contributed by atoms with Crippen molar-refractivity contribution in [2.75, 3.05) is 13.7 Å². The van der Waals surface area contributed by atoms with Gasteiger partial charge in [-0.3, -0.25) is 9.36 Å². The molecule has 15 nitrogen and oxygen atoms in total. The summed E-state index contributed by atoms with van der Waals surface area (Å²) < 4.78 is 29.7. The van der Waals surface area contributed by atoms with E-state index in [2.05, 4.69) is 5.10 Å². The second-order valence-electron chi connectivity index (χ2n) is 11.6. The smallest absolute Gasteiger partial charge is 0.350 e. The highest BCUT2D eigenvalue weighted by molar-refractivity contribution is 5.92. The average molecular weight is 722 g/mol. The van der Waals surface area contributed by atoms with Gasteiger partial charge in [0.15, 0.2) is 18.4 Å². The van der Waals surface area contributed by atoms with Crippen LogP contribution in [0.5, 0.6) is 5.75 Å². The van der Waals surface area contributed by atoms with E-state index in [1.54, 1.807) is 54.6 Å². The number of nitrogens with zero attached hydrogens (tertiary/aromatic N) is 3. The van der Waals surface area contributed by atoms with Crippen molar-refractivity contribution >= 4 is 23.9 Å². The molecular formula is C38H31N3O12. The zero-order chi connectivity index (χ0) is 37.5. The molecule has 270 valence electrons. The molecular weight excluding hydrogens is 690 g/mol. The molecule has 2 heterocycles. The first-order valence-electron chi connectivity index (χ1n) is 16.1. The third kappa shape index (κ3) is 8.05. The largest absolute Gasteiger partial charge is 0.507 e. The van der Waals surface area contributed by atoms with Crippen molar-refractivity contribution in [1.82, 2.24) is 14.3 Å². The Morgan fingerprint density at radius 2 is 1.28 bits per heavy atom. The number of hydrogen-bond acceptors (Lipinski definition) is 13. The minimum Gasteiger partial charge on any atom is -0.507 e. The Morgan fingerprint density at radius 1 is 0.736 bits per heavy atom. The van der Waals surface area contributed by atoms with E-state index in [1.165, 1.54) is 54.6 Å². The zero-order valence-corrected chi connectivity index (χ0v) is 28.0. The first kappa shape index (κ1) is 35.9. The first-order chi connectivity index (χ1) is 25.6. The monoisotopic (exact) mass is 721 g/mol. The van der Waals surface area contributed by atoms with Gasteiger partial charge in [0.1, 0.15) is 30.2 Å². The van der Waals surface area contributed by atoms with E-state index >= 15 is 0 Å². The van der Waals surface area contributed by atoms with Gasteiger partial charge in [-0.05, 0) is 54.1 Å². The van der Waals surface area contributed by atoms with Gasteiger partial charge < -0.3 is 28.8 Å². The molecule has 1 aliphatic heterocycles. The van der Waals surface area contributed by atoms with Crippen LogP contribution in [0.4, 0.5) is 0 Å². The second kappa shape index (κ2) is 16.0. The molecule has 1 saturated heterocycles. The topological polar surface area (TPSA) is 192 Å². The number of phenols is 1. The molecule has 1 fully saturated rings. The van der Waals surface area contributed by atoms with E-state index in [4.69, 9.17) is 23.7 Å². The van der Waals surface area contributed by atoms with E-state index in [9.17, 15) is 33.9 Å². The van der Waals surface area contributed by atoms with E-state index < -0.39 is 72.8 Å². The van der Waals surface area contributed by atoms with Crippen LogP contribution < -0.4 is 11.2 Å². The fourth-order valence-corrected chi connectivity index (χ4v) is 5.56. The van der Waals surface area contributed by atoms with Gasteiger partial charge in [0, 0.05) is 0 Å². The number of aromatic hydroxyl groups is 1. The molecule has 0 amide bonds. The Bertz CT molecular complexity index is 2240. The lowest BCUT2D eigenvalue weighted by atomic mass is 10.1. The molecule has 6 rings (SSSR count). The van der Waals surface area contributed by atoms with E-state index in [1.807, 2.05) is 0 Å². The number of hydrogen-bond donors (Lipinski definition) is 1. The standard InChI is InChI=1S/C38H31N3O12/c1-49-37(47)27-19-23(17-18-28(27)42)21-40-30(43)20-39-41(38(40)48)33-32(53-36(46)26-15-9-4-10-16-26)31(52-35(45)25-13-7-3-8-14-25)29(51-33)22-50-34(44)24-11-5-2-6-12-24/h2-20,29,31-33,42H,21-22H2,1H3. The normalized spacial score (nSPS) is 17.8. The molecule has 4 aromatic carbocycles. The van der Waals surface area contributed by atoms with Crippen molar-refractivity contribution < 1.29 is 48.0 Å². The fourth-order valence-electron chi connectivity index (χ4n) is 5.56. The lowest BCUT2D eigenvalue weighted by Crippen LogP contribution is -2.46. The molecule has 0 aliphatic carbocycles. The molecule has 4 atom stereocenters. The number of methoxy groups -OCH3 is 1. The number of aromatic nitrogens is 3. The van der Waals surface area contributed by atoms with Gasteiger partial charge in [0.2, 0.25) is 0 Å². The summed E-state index contributed by atoms with van der Waals surface area (Å²) in [6.45, 7) is -0.912. The van der Waals surface area contributed by atoms with Crippen LogP contribution >= 0.6 is 0 Å². The molecule has 15 heteroatoms. The van der Waals surface area contributed by atoms with Gasteiger partial charge in [-0.15, -0.1) is 0 Å². The Balaban J connectivity index is 1.40. The van der Waals surface area contributed by atoms with Gasteiger partial charge in [0.25, 0.3) is 5.56 Å². The van der Waals surface area contributed by atoms with Crippen LogP contribution in [-0.2, 0) is 30.2 Å². The van der Waals surface area contributed by atoms with Crippen LogP contribution in [0.25, 0.3) is 0 Å². The lowest BCUT2D eigenvalue weighted by molar-refractivity contribution is -0.0705. The maximum atomic E-state index is 14.0. The number of rotatable bonds is 11. The molecule has 4 unspecified atom stereocenters. The highest BCUT2D eigenvalue weighted by Gasteiger charge is 2.52. The lowest BCUT2D eigenvalue weighted by Gasteiger charge is -2.24. The van der Waals surface area contributed by atoms with Crippen LogP contribution in [0, 0.1) is 0 Å². The minimum absolute atomic E-state index is 0.123. The molecule has 0 saturated carbocycles. The average Bonchev–Trinajstić information content (AvgIpc) is 3.51. The third-order valence-corrected chi connectivity index (χ3v) is 8.21. The number of carbonyl (C=O) groups excluding carboxylic acids is 4. The van der Waals surface area contributed by atoms with Gasteiger partial charge >= 0.3 is 29.6 Å². The molecule has 1 aromatic heterocycles. The number of ether oxygens (including phenoxy) is 5. The van der Waals surface area contributed by atoms with Crippen molar-refractivity contribution in [2.45, 2.75) is 31.1 Å². The van der Waals surface area contributed by atoms with Gasteiger partial charge in [-0.25, -0.2) is 24.0 Å². The quantitative estimate of drug-likeness (QED) is 0.155. The Hall–Kier alpha value is -6.87. The Kier molecular flexibility index (Phi) is 10.8. The van der Waals surface area contributed by atoms with Crippen LogP contribution in [0.1, 0.15) is 53.2 Å². The van der Waals surface area contributed by atoms with E-state index in [-0.39, 0.29) is 33.6 Å². The van der Waals surface area contributed by atoms with E-state index in [0.717, 1.165) is 22.6 Å². The van der Waals surface area contributed by atoms with Crippen LogP contribution in [0.15, 0.2) is 125 Å². The predicted molar refractivity (Wildman–Crippen MR) is 183 cm³/mol. The predicted octanol–water partition coefficient (Wildman–Crippen LogP) is 3.15. The summed E-state index contributed by atoms with van der Waals surface area (Å²) in [5, 5.41) is 14.1. The Morgan fingerprint density at radius 3 is 1.85 bits per heavy atom. The fraction of sp³-hybridized carbons (Fsp3) is 0.184. The maximum Gasteiger partial charge on any atom is 0.350 e. The molecule has 1 N–H and O–H groups in total. The third-order valence-electron chi connectivity index (χ3n) is 8.21. The van der Waals surface area contributed by atoms with Crippen molar-refractivity contribution in [3.05, 3.63) is 164 Å². The summed E-state index contributed by atoms with van der Waals surface area (Å²) in [5.41, 5.74) is -1.32. The number of benzene rings is 4. The highest BCUT2D eigenvalue weighted by atomic mass is 16.7. The number of phenolic OH excluding ortho intramolecular Hbond substituents is 1. The SMILES string of the molecule is COC(=O)c1cc(Cn2c(=O)cnn(C3OC(COC(=O)c4ccccc4)C(OC(=O)c4ccccc4)C3OC(=O)c3ccccc3)c2=O)ccc1O.